The standard InChI is InChI=1S/C27H24O8/c1-17-21(33-24(28)18-11-5-2-6-12-18)22(34-25(29)19-13-7-3-8-14-19)23(27(31)32-17)35-26(30)20-15-9-4-10-16-20/h2-17,21-23,27,31H,1H3/t17-,21+,22-,23+,27-/m0/s1. The Bertz CT molecular complexity index is 1080. The van der Waals surface area contributed by atoms with Crippen molar-refractivity contribution in [3.63, 3.8) is 0 Å². The summed E-state index contributed by atoms with van der Waals surface area (Å²) in [7, 11) is 0. The molecule has 5 atom stereocenters. The first-order valence-corrected chi connectivity index (χ1v) is 11.1. The minimum Gasteiger partial charge on any atom is -0.452 e. The summed E-state index contributed by atoms with van der Waals surface area (Å²) >= 11 is 0. The first kappa shape index (κ1) is 24.1. The van der Waals surface area contributed by atoms with Crippen LogP contribution in [0.2, 0.25) is 0 Å². The number of hydrogen-bond acceptors (Lipinski definition) is 8. The molecule has 0 aliphatic carbocycles. The van der Waals surface area contributed by atoms with Crippen molar-refractivity contribution < 1.29 is 38.4 Å². The van der Waals surface area contributed by atoms with Crippen molar-refractivity contribution in [1.82, 2.24) is 0 Å². The highest BCUT2D eigenvalue weighted by molar-refractivity contribution is 5.91. The van der Waals surface area contributed by atoms with E-state index in [9.17, 15) is 19.5 Å². The lowest BCUT2D eigenvalue weighted by Crippen LogP contribution is -2.60. The summed E-state index contributed by atoms with van der Waals surface area (Å²) < 4.78 is 22.4. The molecule has 0 spiro atoms. The van der Waals surface area contributed by atoms with Gasteiger partial charge < -0.3 is 24.1 Å². The lowest BCUT2D eigenvalue weighted by atomic mass is 9.98. The smallest absolute Gasteiger partial charge is 0.338 e. The summed E-state index contributed by atoms with van der Waals surface area (Å²) in [5, 5.41) is 10.6. The fraction of sp³-hybridized carbons (Fsp3) is 0.222. The van der Waals surface area contributed by atoms with E-state index in [1.165, 1.54) is 0 Å². The van der Waals surface area contributed by atoms with Crippen LogP contribution in [-0.2, 0) is 18.9 Å². The molecule has 0 radical (unpaired) electrons. The lowest BCUT2D eigenvalue weighted by Gasteiger charge is -2.42. The molecule has 1 N–H and O–H groups in total. The molecule has 1 aliphatic rings. The highest BCUT2D eigenvalue weighted by atomic mass is 16.7. The van der Waals surface area contributed by atoms with Crippen LogP contribution in [0.3, 0.4) is 0 Å². The van der Waals surface area contributed by atoms with Crippen LogP contribution in [0.4, 0.5) is 0 Å². The average Bonchev–Trinajstić information content (AvgIpc) is 2.89. The number of aliphatic hydroxyl groups excluding tert-OH is 1. The van der Waals surface area contributed by atoms with Crippen molar-refractivity contribution >= 4 is 17.9 Å². The molecule has 180 valence electrons. The van der Waals surface area contributed by atoms with Crippen molar-refractivity contribution in [1.29, 1.82) is 0 Å². The van der Waals surface area contributed by atoms with Gasteiger partial charge in [0.25, 0.3) is 0 Å². The molecule has 1 heterocycles. The zero-order chi connectivity index (χ0) is 24.8. The topological polar surface area (TPSA) is 108 Å². The van der Waals surface area contributed by atoms with Gasteiger partial charge in [0.15, 0.2) is 24.6 Å². The molecule has 0 amide bonds. The molecule has 3 aromatic carbocycles. The molecule has 0 bridgehead atoms. The minimum absolute atomic E-state index is 0.226. The van der Waals surface area contributed by atoms with Crippen molar-refractivity contribution in [2.45, 2.75) is 37.6 Å². The zero-order valence-corrected chi connectivity index (χ0v) is 18.9. The van der Waals surface area contributed by atoms with Gasteiger partial charge in [-0.3, -0.25) is 0 Å². The van der Waals surface area contributed by atoms with Gasteiger partial charge in [0.2, 0.25) is 0 Å². The second-order valence-electron chi connectivity index (χ2n) is 7.94. The SMILES string of the molecule is C[C@@H]1O[C@H](O)[C@H](OC(=O)c2ccccc2)[C@@H](OC(=O)c2ccccc2)[C@@H]1OC(=O)c1ccccc1. The number of carbonyl (C=O) groups is 3. The quantitative estimate of drug-likeness (QED) is 0.426. The van der Waals surface area contributed by atoms with Gasteiger partial charge in [-0.25, -0.2) is 14.4 Å². The third kappa shape index (κ3) is 5.74. The molecular formula is C27H24O8. The van der Waals surface area contributed by atoms with Gasteiger partial charge in [-0.05, 0) is 43.3 Å². The van der Waals surface area contributed by atoms with Gasteiger partial charge in [-0.2, -0.15) is 0 Å². The molecule has 0 aromatic heterocycles. The Morgan fingerprint density at radius 1 is 0.600 bits per heavy atom. The van der Waals surface area contributed by atoms with Crippen molar-refractivity contribution in [3.8, 4) is 0 Å². The molecule has 35 heavy (non-hydrogen) atoms. The predicted octanol–water partition coefficient (Wildman–Crippen LogP) is 3.40. The minimum atomic E-state index is -1.63. The van der Waals surface area contributed by atoms with Crippen LogP contribution in [-0.4, -0.2) is 53.7 Å². The highest BCUT2D eigenvalue weighted by Crippen LogP contribution is 2.29. The molecule has 8 nitrogen and oxygen atoms in total. The number of ether oxygens (including phenoxy) is 4. The van der Waals surface area contributed by atoms with Gasteiger partial charge in [-0.1, -0.05) is 54.6 Å². The normalized spacial score (nSPS) is 23.7. The van der Waals surface area contributed by atoms with E-state index < -0.39 is 48.6 Å². The Morgan fingerprint density at radius 2 is 0.943 bits per heavy atom. The van der Waals surface area contributed by atoms with Crippen molar-refractivity contribution in [2.24, 2.45) is 0 Å². The van der Waals surface area contributed by atoms with Crippen LogP contribution in [0.25, 0.3) is 0 Å². The Hall–Kier alpha value is -4.01. The molecule has 1 aliphatic heterocycles. The molecular weight excluding hydrogens is 452 g/mol. The third-order valence-corrected chi connectivity index (χ3v) is 5.50. The fourth-order valence-electron chi connectivity index (χ4n) is 3.71. The Labute approximate surface area is 202 Å². The van der Waals surface area contributed by atoms with Crippen LogP contribution in [0, 0.1) is 0 Å². The largest absolute Gasteiger partial charge is 0.452 e. The van der Waals surface area contributed by atoms with E-state index in [2.05, 4.69) is 0 Å². The molecule has 1 saturated heterocycles. The Balaban J connectivity index is 1.63. The second-order valence-corrected chi connectivity index (χ2v) is 7.94. The van der Waals surface area contributed by atoms with Gasteiger partial charge in [0.05, 0.1) is 22.8 Å². The number of hydrogen-bond donors (Lipinski definition) is 1. The van der Waals surface area contributed by atoms with E-state index in [0.717, 1.165) is 0 Å². The first-order chi connectivity index (χ1) is 16.9. The van der Waals surface area contributed by atoms with E-state index in [1.54, 1.807) is 97.9 Å². The van der Waals surface area contributed by atoms with E-state index >= 15 is 0 Å². The van der Waals surface area contributed by atoms with Crippen LogP contribution in [0.15, 0.2) is 91.0 Å². The van der Waals surface area contributed by atoms with Crippen LogP contribution in [0.5, 0.6) is 0 Å². The number of rotatable bonds is 6. The highest BCUT2D eigenvalue weighted by Gasteiger charge is 2.50. The number of esters is 3. The monoisotopic (exact) mass is 476 g/mol. The molecule has 0 unspecified atom stereocenters. The second kappa shape index (κ2) is 10.9. The van der Waals surface area contributed by atoms with Gasteiger partial charge in [-0.15, -0.1) is 0 Å². The van der Waals surface area contributed by atoms with E-state index in [4.69, 9.17) is 18.9 Å². The Kier molecular flexibility index (Phi) is 7.54. The van der Waals surface area contributed by atoms with E-state index in [1.807, 2.05) is 0 Å². The maximum Gasteiger partial charge on any atom is 0.338 e. The number of aliphatic hydroxyl groups is 1. The summed E-state index contributed by atoms with van der Waals surface area (Å²) in [4.78, 5) is 38.5. The predicted molar refractivity (Wildman–Crippen MR) is 123 cm³/mol. The number of carbonyl (C=O) groups excluding carboxylic acids is 3. The van der Waals surface area contributed by atoms with Crippen molar-refractivity contribution in [3.05, 3.63) is 108 Å². The third-order valence-electron chi connectivity index (χ3n) is 5.50. The van der Waals surface area contributed by atoms with E-state index in [0.29, 0.717) is 0 Å². The van der Waals surface area contributed by atoms with Crippen LogP contribution >= 0.6 is 0 Å². The summed E-state index contributed by atoms with van der Waals surface area (Å²) in [5.74, 6) is -2.18. The summed E-state index contributed by atoms with van der Waals surface area (Å²) in [6, 6.07) is 24.6. The maximum atomic E-state index is 12.9. The summed E-state index contributed by atoms with van der Waals surface area (Å²) in [6.45, 7) is 1.56. The van der Waals surface area contributed by atoms with Crippen LogP contribution < -0.4 is 0 Å². The zero-order valence-electron chi connectivity index (χ0n) is 18.9. The lowest BCUT2D eigenvalue weighted by molar-refractivity contribution is -0.275. The van der Waals surface area contributed by atoms with Gasteiger partial charge in [0, 0.05) is 0 Å². The average molecular weight is 476 g/mol. The number of benzene rings is 3. The van der Waals surface area contributed by atoms with Gasteiger partial charge in [0.1, 0.15) is 0 Å². The van der Waals surface area contributed by atoms with E-state index in [-0.39, 0.29) is 16.7 Å². The summed E-state index contributed by atoms with van der Waals surface area (Å²) in [6.07, 6.45) is -6.48. The fourth-order valence-corrected chi connectivity index (χ4v) is 3.71. The van der Waals surface area contributed by atoms with Crippen LogP contribution in [0.1, 0.15) is 38.0 Å². The van der Waals surface area contributed by atoms with Crippen molar-refractivity contribution in [2.75, 3.05) is 0 Å². The molecule has 1 fully saturated rings. The molecule has 0 saturated carbocycles. The maximum absolute atomic E-state index is 12.9. The van der Waals surface area contributed by atoms with Gasteiger partial charge >= 0.3 is 17.9 Å². The summed E-state index contributed by atoms with van der Waals surface area (Å²) in [5.41, 5.74) is 0.739. The molecule has 3 aromatic rings. The molecule has 8 heteroatoms. The first-order valence-electron chi connectivity index (χ1n) is 11.1. The molecule has 4 rings (SSSR count). The Morgan fingerprint density at radius 3 is 1.34 bits per heavy atom.